The minimum Gasteiger partial charge on any atom is -0.399 e. The summed E-state index contributed by atoms with van der Waals surface area (Å²) in [7, 11) is 1.33. The molecule has 48 valence electrons. The second kappa shape index (κ2) is 6.72. The highest BCUT2D eigenvalue weighted by atomic mass is 35.5. The minimum atomic E-state index is -0.637. The third kappa shape index (κ3) is 9.21. The Hall–Kier alpha value is -0.280. The smallest absolute Gasteiger partial charge is 0.266 e. The molecule has 0 fully saturated rings. The van der Waals surface area contributed by atoms with Crippen molar-refractivity contribution in [3.05, 3.63) is 0 Å². The lowest BCUT2D eigenvalue weighted by atomic mass is 10.9. The lowest BCUT2D eigenvalue weighted by Gasteiger charge is -1.77. The van der Waals surface area contributed by atoms with E-state index in [9.17, 15) is 4.79 Å². The van der Waals surface area contributed by atoms with Crippen LogP contribution in [-0.4, -0.2) is 18.6 Å². The maximum Gasteiger partial charge on any atom is 0.266 e. The maximum atomic E-state index is 9.74. The molecule has 0 atom stereocenters. The topological polar surface area (TPSA) is 38.7 Å². The van der Waals surface area contributed by atoms with Gasteiger partial charge >= 0.3 is 0 Å². The molecule has 0 radical (unpaired) electrons. The van der Waals surface area contributed by atoms with Crippen molar-refractivity contribution in [3.8, 4) is 0 Å². The Morgan fingerprint density at radius 3 is 2.50 bits per heavy atom. The number of rotatable bonds is 2. The molecule has 0 N–H and O–H groups in total. The van der Waals surface area contributed by atoms with Crippen molar-refractivity contribution in [2.45, 2.75) is 0 Å². The third-order valence-electron chi connectivity index (χ3n) is 0.260. The van der Waals surface area contributed by atoms with E-state index in [1.807, 2.05) is 0 Å². The van der Waals surface area contributed by atoms with Crippen LogP contribution in [0.5, 0.6) is 0 Å². The summed E-state index contributed by atoms with van der Waals surface area (Å²) >= 11 is 4.79. The molecular weight excluding hydrogens is 153 g/mol. The quantitative estimate of drug-likeness (QED) is 0.338. The van der Waals surface area contributed by atoms with Gasteiger partial charge in [-0.3, -0.25) is 4.79 Å². The van der Waals surface area contributed by atoms with Crippen molar-refractivity contribution < 1.29 is 9.63 Å². The van der Waals surface area contributed by atoms with Gasteiger partial charge in [-0.2, -0.15) is 0 Å². The zero-order chi connectivity index (χ0) is 5.70. The van der Waals surface area contributed by atoms with E-state index in [0.29, 0.717) is 0 Å². The predicted octanol–water partition coefficient (Wildman–Crippen LogP) is 0.806. The van der Waals surface area contributed by atoms with Crippen LogP contribution < -0.4 is 0 Å². The van der Waals surface area contributed by atoms with Crippen LogP contribution in [0.15, 0.2) is 5.16 Å². The molecule has 5 heteroatoms. The molecule has 0 aliphatic heterocycles. The molecule has 0 heterocycles. The Morgan fingerprint density at radius 1 is 1.88 bits per heavy atom. The number of halogens is 2. The Balaban J connectivity index is 0. The second-order valence-electron chi connectivity index (χ2n) is 0.721. The summed E-state index contributed by atoms with van der Waals surface area (Å²) in [6, 6.07) is 0. The molecule has 0 aromatic heterocycles. The number of hydrogen-bond acceptors (Lipinski definition) is 3. The first-order chi connectivity index (χ1) is 3.27. The Bertz CT molecular complexity index is 93.3. The van der Waals surface area contributed by atoms with Gasteiger partial charge in [0.1, 0.15) is 13.3 Å². The predicted molar refractivity (Wildman–Crippen MR) is 33.6 cm³/mol. The summed E-state index contributed by atoms with van der Waals surface area (Å²) in [4.78, 5) is 13.9. The highest BCUT2D eigenvalue weighted by molar-refractivity contribution is 6.77. The van der Waals surface area contributed by atoms with Crippen LogP contribution in [0.3, 0.4) is 0 Å². The number of hydrogen-bond donors (Lipinski definition) is 0. The first kappa shape index (κ1) is 10.7. The van der Waals surface area contributed by atoms with Gasteiger partial charge < -0.3 is 4.84 Å². The van der Waals surface area contributed by atoms with Crippen molar-refractivity contribution in [2.75, 3.05) is 7.11 Å². The normalized spacial score (nSPS) is 8.25. The maximum absolute atomic E-state index is 9.74. The van der Waals surface area contributed by atoms with Crippen LogP contribution in [0.2, 0.25) is 0 Å². The fourth-order valence-electron chi connectivity index (χ4n) is 0.0941. The summed E-state index contributed by atoms with van der Waals surface area (Å²) in [5.74, 6) is 0. The van der Waals surface area contributed by atoms with E-state index in [1.165, 1.54) is 7.11 Å². The van der Waals surface area contributed by atoms with Crippen LogP contribution in [-0.2, 0) is 9.63 Å². The van der Waals surface area contributed by atoms with Crippen molar-refractivity contribution in [1.82, 2.24) is 0 Å². The van der Waals surface area contributed by atoms with Gasteiger partial charge in [-0.1, -0.05) is 5.16 Å². The van der Waals surface area contributed by atoms with E-state index in [2.05, 4.69) is 9.99 Å². The van der Waals surface area contributed by atoms with Gasteiger partial charge in [0.25, 0.3) is 5.24 Å². The zero-order valence-electron chi connectivity index (χ0n) is 4.13. The van der Waals surface area contributed by atoms with Crippen molar-refractivity contribution in [3.63, 3.8) is 0 Å². The van der Waals surface area contributed by atoms with Gasteiger partial charge in [-0.05, 0) is 11.6 Å². The molecular formula is C3H5Cl2NO2. The minimum absolute atomic E-state index is 0. The van der Waals surface area contributed by atoms with E-state index >= 15 is 0 Å². The first-order valence-corrected chi connectivity index (χ1v) is 1.91. The average molecular weight is 158 g/mol. The van der Waals surface area contributed by atoms with Gasteiger partial charge in [0.2, 0.25) is 0 Å². The Kier molecular flexibility index (Phi) is 8.95. The lowest BCUT2D eigenvalue weighted by molar-refractivity contribution is -0.106. The van der Waals surface area contributed by atoms with E-state index < -0.39 is 5.24 Å². The molecule has 0 saturated heterocycles. The average Bonchev–Trinajstić information content (AvgIpc) is 1.61. The van der Waals surface area contributed by atoms with E-state index in [-0.39, 0.29) is 12.4 Å². The number of carbonyl (C=O) groups is 1. The zero-order valence-corrected chi connectivity index (χ0v) is 5.70. The van der Waals surface area contributed by atoms with Gasteiger partial charge in [0.15, 0.2) is 0 Å². The van der Waals surface area contributed by atoms with Gasteiger partial charge in [-0.25, -0.2) is 0 Å². The highest BCUT2D eigenvalue weighted by Gasteiger charge is 1.82. The van der Waals surface area contributed by atoms with Gasteiger partial charge in [-0.15, -0.1) is 12.4 Å². The molecule has 0 spiro atoms. The van der Waals surface area contributed by atoms with E-state index in [0.717, 1.165) is 6.21 Å². The molecule has 0 saturated carbocycles. The Morgan fingerprint density at radius 2 is 2.38 bits per heavy atom. The fourth-order valence-corrected chi connectivity index (χ4v) is 0.134. The van der Waals surface area contributed by atoms with E-state index in [4.69, 9.17) is 11.6 Å². The molecule has 0 aliphatic carbocycles. The van der Waals surface area contributed by atoms with Gasteiger partial charge in [0.05, 0.1) is 0 Å². The van der Waals surface area contributed by atoms with Gasteiger partial charge in [0, 0.05) is 0 Å². The lowest BCUT2D eigenvalue weighted by Crippen LogP contribution is -1.84. The molecule has 0 amide bonds. The molecule has 8 heavy (non-hydrogen) atoms. The third-order valence-corrected chi connectivity index (χ3v) is 0.357. The van der Waals surface area contributed by atoms with Crippen molar-refractivity contribution in [1.29, 1.82) is 0 Å². The molecule has 0 bridgehead atoms. The van der Waals surface area contributed by atoms with Crippen molar-refractivity contribution in [2.24, 2.45) is 5.16 Å². The number of oxime groups is 1. The SMILES string of the molecule is CO/N=C/C(=O)Cl.Cl. The number of carbonyl (C=O) groups excluding carboxylic acids is 1. The fraction of sp³-hybridized carbons (Fsp3) is 0.333. The first-order valence-electron chi connectivity index (χ1n) is 1.53. The monoisotopic (exact) mass is 157 g/mol. The number of nitrogens with zero attached hydrogens (tertiary/aromatic N) is 1. The standard InChI is InChI=1S/C3H4ClNO2.ClH/c1-7-5-2-3(4)6;/h2H,1H3;1H/b5-2+;. The highest BCUT2D eigenvalue weighted by Crippen LogP contribution is 1.72. The van der Waals surface area contributed by atoms with Crippen molar-refractivity contribution >= 4 is 35.5 Å². The largest absolute Gasteiger partial charge is 0.399 e. The second-order valence-corrected chi connectivity index (χ2v) is 1.09. The van der Waals surface area contributed by atoms with Crippen LogP contribution in [0.4, 0.5) is 0 Å². The molecule has 0 aromatic carbocycles. The molecule has 0 rings (SSSR count). The summed E-state index contributed by atoms with van der Waals surface area (Å²) in [6.07, 6.45) is 0.877. The van der Waals surface area contributed by atoms with Crippen LogP contribution in [0, 0.1) is 0 Å². The summed E-state index contributed by atoms with van der Waals surface area (Å²) in [6.45, 7) is 0. The molecule has 0 aliphatic rings. The summed E-state index contributed by atoms with van der Waals surface area (Å²) in [5, 5.41) is 2.43. The summed E-state index contributed by atoms with van der Waals surface area (Å²) in [5.41, 5.74) is 0. The van der Waals surface area contributed by atoms with Crippen LogP contribution in [0.1, 0.15) is 0 Å². The molecule has 3 nitrogen and oxygen atoms in total. The van der Waals surface area contributed by atoms with Crippen LogP contribution >= 0.6 is 24.0 Å². The van der Waals surface area contributed by atoms with Crippen LogP contribution in [0.25, 0.3) is 0 Å². The molecule has 0 aromatic rings. The molecule has 0 unspecified atom stereocenters. The Labute approximate surface area is 58.0 Å². The van der Waals surface area contributed by atoms with E-state index in [1.54, 1.807) is 0 Å². The summed E-state index contributed by atoms with van der Waals surface area (Å²) < 4.78 is 0.